The maximum Gasteiger partial charge on any atom is 0.0776 e. The summed E-state index contributed by atoms with van der Waals surface area (Å²) >= 11 is 6.28. The van der Waals surface area contributed by atoms with Crippen LogP contribution >= 0.6 is 11.6 Å². The third-order valence-corrected chi connectivity index (χ3v) is 5.61. The van der Waals surface area contributed by atoms with Gasteiger partial charge < -0.3 is 10.0 Å². The van der Waals surface area contributed by atoms with Gasteiger partial charge in [0.2, 0.25) is 0 Å². The van der Waals surface area contributed by atoms with Gasteiger partial charge in [-0.3, -0.25) is 0 Å². The summed E-state index contributed by atoms with van der Waals surface area (Å²) in [4.78, 5) is 2.45. The summed E-state index contributed by atoms with van der Waals surface area (Å²) < 4.78 is 0. The summed E-state index contributed by atoms with van der Waals surface area (Å²) in [5.41, 5.74) is 2.67. The molecule has 3 rings (SSSR count). The average Bonchev–Trinajstić information content (AvgIpc) is 2.87. The Hall–Kier alpha value is -0.730. The van der Waals surface area contributed by atoms with Gasteiger partial charge in [0.15, 0.2) is 0 Å². The van der Waals surface area contributed by atoms with Crippen molar-refractivity contribution >= 4 is 17.3 Å². The third-order valence-electron chi connectivity index (χ3n) is 5.29. The lowest BCUT2D eigenvalue weighted by Gasteiger charge is -2.40. The van der Waals surface area contributed by atoms with Gasteiger partial charge in [0.1, 0.15) is 0 Å². The molecule has 110 valence electrons. The van der Waals surface area contributed by atoms with Gasteiger partial charge in [0.25, 0.3) is 0 Å². The maximum absolute atomic E-state index is 9.65. The SMILES string of the molecule is CC(O)c1ccc(N2CCC3(CCCC3)CC2)cc1Cl. The van der Waals surface area contributed by atoms with Crippen LogP contribution in [0.3, 0.4) is 0 Å². The van der Waals surface area contributed by atoms with E-state index in [-0.39, 0.29) is 0 Å². The van der Waals surface area contributed by atoms with Crippen molar-refractivity contribution in [3.05, 3.63) is 28.8 Å². The fourth-order valence-corrected chi connectivity index (χ4v) is 4.25. The molecule has 0 amide bonds. The van der Waals surface area contributed by atoms with Gasteiger partial charge in [-0.15, -0.1) is 0 Å². The summed E-state index contributed by atoms with van der Waals surface area (Å²) in [5.74, 6) is 0. The number of rotatable bonds is 2. The number of aliphatic hydroxyl groups is 1. The lowest BCUT2D eigenvalue weighted by Crippen LogP contribution is -2.38. The van der Waals surface area contributed by atoms with Gasteiger partial charge in [-0.2, -0.15) is 0 Å². The van der Waals surface area contributed by atoms with Crippen LogP contribution in [0, 0.1) is 5.41 Å². The van der Waals surface area contributed by atoms with Gasteiger partial charge in [-0.1, -0.05) is 30.5 Å². The van der Waals surface area contributed by atoms with E-state index >= 15 is 0 Å². The number of benzene rings is 1. The van der Waals surface area contributed by atoms with Gasteiger partial charge in [0, 0.05) is 23.8 Å². The van der Waals surface area contributed by atoms with Crippen LogP contribution in [-0.2, 0) is 0 Å². The fourth-order valence-electron chi connectivity index (χ4n) is 3.92. The molecule has 1 unspecified atom stereocenters. The molecule has 2 nitrogen and oxygen atoms in total. The van der Waals surface area contributed by atoms with E-state index in [4.69, 9.17) is 11.6 Å². The molecule has 1 aromatic carbocycles. The van der Waals surface area contributed by atoms with Gasteiger partial charge in [-0.05, 0) is 55.7 Å². The van der Waals surface area contributed by atoms with Crippen LogP contribution in [0.25, 0.3) is 0 Å². The molecule has 20 heavy (non-hydrogen) atoms. The third kappa shape index (κ3) is 2.68. The maximum atomic E-state index is 9.65. The van der Waals surface area contributed by atoms with Crippen LogP contribution in [-0.4, -0.2) is 18.2 Å². The van der Waals surface area contributed by atoms with Crippen LogP contribution in [0.2, 0.25) is 5.02 Å². The highest BCUT2D eigenvalue weighted by Gasteiger charge is 2.36. The molecule has 0 radical (unpaired) electrons. The van der Waals surface area contributed by atoms with E-state index < -0.39 is 6.10 Å². The first-order valence-corrected chi connectivity index (χ1v) is 8.20. The van der Waals surface area contributed by atoms with E-state index in [0.29, 0.717) is 10.4 Å². The predicted octanol–water partition coefficient (Wildman–Crippen LogP) is 4.55. The Bertz CT molecular complexity index is 470. The number of aliphatic hydroxyl groups excluding tert-OH is 1. The minimum atomic E-state index is -0.500. The van der Waals surface area contributed by atoms with E-state index in [0.717, 1.165) is 18.7 Å². The Morgan fingerprint density at radius 3 is 2.35 bits per heavy atom. The minimum Gasteiger partial charge on any atom is -0.389 e. The Kier molecular flexibility index (Phi) is 3.96. The number of nitrogens with zero attached hydrogens (tertiary/aromatic N) is 1. The highest BCUT2D eigenvalue weighted by atomic mass is 35.5. The zero-order valence-corrected chi connectivity index (χ0v) is 13.0. The zero-order valence-electron chi connectivity index (χ0n) is 12.2. The molecule has 1 saturated carbocycles. The van der Waals surface area contributed by atoms with Crippen LogP contribution in [0.1, 0.15) is 57.1 Å². The molecule has 1 atom stereocenters. The Labute approximate surface area is 126 Å². The van der Waals surface area contributed by atoms with Crippen molar-refractivity contribution < 1.29 is 5.11 Å². The molecule has 1 aromatic rings. The summed E-state index contributed by atoms with van der Waals surface area (Å²) in [7, 11) is 0. The molecule has 1 heterocycles. The first kappa shape index (κ1) is 14.2. The highest BCUT2D eigenvalue weighted by Crippen LogP contribution is 2.46. The van der Waals surface area contributed by atoms with Crippen LogP contribution in [0.5, 0.6) is 0 Å². The smallest absolute Gasteiger partial charge is 0.0776 e. The molecule has 1 aliphatic heterocycles. The number of piperidine rings is 1. The molecular weight excluding hydrogens is 270 g/mol. The standard InChI is InChI=1S/C17H24ClNO/c1-13(20)15-5-4-14(12-16(15)18)19-10-8-17(9-11-19)6-2-3-7-17/h4-5,12-13,20H,2-3,6-11H2,1H3. The number of anilines is 1. The van der Waals surface area contributed by atoms with E-state index in [1.807, 2.05) is 12.1 Å². The Balaban J connectivity index is 1.70. The van der Waals surface area contributed by atoms with Crippen LogP contribution in [0.15, 0.2) is 18.2 Å². The van der Waals surface area contributed by atoms with Crippen molar-refractivity contribution in [2.75, 3.05) is 18.0 Å². The van der Waals surface area contributed by atoms with Crippen molar-refractivity contribution in [3.8, 4) is 0 Å². The fraction of sp³-hybridized carbons (Fsp3) is 0.647. The molecule has 2 aliphatic rings. The van der Waals surface area contributed by atoms with E-state index in [1.54, 1.807) is 6.92 Å². The van der Waals surface area contributed by atoms with Crippen LogP contribution in [0.4, 0.5) is 5.69 Å². The summed E-state index contributed by atoms with van der Waals surface area (Å²) in [6, 6.07) is 6.07. The second-order valence-corrected chi connectivity index (χ2v) is 6.98. The van der Waals surface area contributed by atoms with Crippen molar-refractivity contribution in [1.29, 1.82) is 0 Å². The topological polar surface area (TPSA) is 23.5 Å². The predicted molar refractivity (Wildman–Crippen MR) is 84.4 cm³/mol. The molecule has 0 bridgehead atoms. The normalized spacial score (nSPS) is 23.2. The quantitative estimate of drug-likeness (QED) is 0.864. The molecule has 1 aliphatic carbocycles. The lowest BCUT2D eigenvalue weighted by atomic mass is 9.77. The second kappa shape index (κ2) is 5.57. The van der Waals surface area contributed by atoms with Gasteiger partial charge in [-0.25, -0.2) is 0 Å². The zero-order chi connectivity index (χ0) is 14.2. The second-order valence-electron chi connectivity index (χ2n) is 6.58. The summed E-state index contributed by atoms with van der Waals surface area (Å²) in [6.07, 6.45) is 7.86. The van der Waals surface area contributed by atoms with Gasteiger partial charge in [0.05, 0.1) is 6.10 Å². The molecule has 1 spiro atoms. The Morgan fingerprint density at radius 2 is 1.80 bits per heavy atom. The summed E-state index contributed by atoms with van der Waals surface area (Å²) in [6.45, 7) is 4.04. The van der Waals surface area contributed by atoms with Crippen LogP contribution < -0.4 is 4.90 Å². The van der Waals surface area contributed by atoms with E-state index in [1.165, 1.54) is 44.2 Å². The molecular formula is C17H24ClNO. The van der Waals surface area contributed by atoms with E-state index in [2.05, 4.69) is 11.0 Å². The number of halogens is 1. The van der Waals surface area contributed by atoms with Crippen molar-refractivity contribution in [2.45, 2.75) is 51.6 Å². The Morgan fingerprint density at radius 1 is 1.15 bits per heavy atom. The summed E-state index contributed by atoms with van der Waals surface area (Å²) in [5, 5.41) is 10.3. The van der Waals surface area contributed by atoms with Crippen molar-refractivity contribution in [2.24, 2.45) is 5.41 Å². The largest absolute Gasteiger partial charge is 0.389 e. The molecule has 2 fully saturated rings. The van der Waals surface area contributed by atoms with E-state index in [9.17, 15) is 5.11 Å². The molecule has 1 N–H and O–H groups in total. The number of hydrogen-bond acceptors (Lipinski definition) is 2. The average molecular weight is 294 g/mol. The molecule has 0 aromatic heterocycles. The lowest BCUT2D eigenvalue weighted by molar-refractivity contribution is 0.199. The highest BCUT2D eigenvalue weighted by molar-refractivity contribution is 6.31. The minimum absolute atomic E-state index is 0.500. The molecule has 1 saturated heterocycles. The first-order valence-electron chi connectivity index (χ1n) is 7.82. The van der Waals surface area contributed by atoms with Gasteiger partial charge >= 0.3 is 0 Å². The van der Waals surface area contributed by atoms with Crippen molar-refractivity contribution in [1.82, 2.24) is 0 Å². The monoisotopic (exact) mass is 293 g/mol. The van der Waals surface area contributed by atoms with Crippen molar-refractivity contribution in [3.63, 3.8) is 0 Å². The molecule has 3 heteroatoms. The number of hydrogen-bond donors (Lipinski definition) is 1. The first-order chi connectivity index (χ1) is 9.60.